The minimum absolute atomic E-state index is 0.137. The Bertz CT molecular complexity index is 1660. The van der Waals surface area contributed by atoms with Crippen LogP contribution in [0.3, 0.4) is 0 Å². The van der Waals surface area contributed by atoms with Crippen LogP contribution in [-0.2, 0) is 14.8 Å². The van der Waals surface area contributed by atoms with Crippen molar-refractivity contribution >= 4 is 32.7 Å². The number of benzene rings is 1. The fourth-order valence-corrected chi connectivity index (χ4v) is 6.67. The molecular formula is C26H27FN6O4S. The Morgan fingerprint density at radius 3 is 2.63 bits per heavy atom. The first kappa shape index (κ1) is 24.7. The van der Waals surface area contributed by atoms with Crippen molar-refractivity contribution in [3.63, 3.8) is 0 Å². The molecule has 5 heterocycles. The molecule has 0 N–H and O–H groups in total. The number of amides is 1. The third-order valence-corrected chi connectivity index (χ3v) is 8.75. The highest BCUT2D eigenvalue weighted by Crippen LogP contribution is 2.41. The van der Waals surface area contributed by atoms with E-state index in [0.717, 1.165) is 28.5 Å². The van der Waals surface area contributed by atoms with E-state index >= 15 is 0 Å². The second kappa shape index (κ2) is 8.98. The normalized spacial score (nSPS) is 20.7. The maximum atomic E-state index is 14.1. The molecule has 1 aromatic carbocycles. The van der Waals surface area contributed by atoms with Crippen LogP contribution in [-0.4, -0.2) is 57.7 Å². The lowest BCUT2D eigenvalue weighted by atomic mass is 10.0. The Hall–Kier alpha value is -3.64. The molecule has 2 aliphatic rings. The van der Waals surface area contributed by atoms with Gasteiger partial charge in [-0.1, -0.05) is 11.2 Å². The van der Waals surface area contributed by atoms with Gasteiger partial charge in [0.1, 0.15) is 17.4 Å². The summed E-state index contributed by atoms with van der Waals surface area (Å²) in [6.07, 6.45) is 5.18. The summed E-state index contributed by atoms with van der Waals surface area (Å²) < 4.78 is 47.6. The lowest BCUT2D eigenvalue weighted by molar-refractivity contribution is -0.117. The summed E-state index contributed by atoms with van der Waals surface area (Å²) in [7, 11) is -3.36. The first-order valence-electron chi connectivity index (χ1n) is 12.4. The first-order valence-corrected chi connectivity index (χ1v) is 14.3. The third kappa shape index (κ3) is 4.08. The highest BCUT2D eigenvalue weighted by atomic mass is 32.2. The fourth-order valence-electron chi connectivity index (χ4n) is 5.79. The number of halogens is 1. The van der Waals surface area contributed by atoms with E-state index in [2.05, 4.69) is 14.7 Å². The molecule has 38 heavy (non-hydrogen) atoms. The van der Waals surface area contributed by atoms with E-state index < -0.39 is 21.9 Å². The Balaban J connectivity index is 1.51. The highest BCUT2D eigenvalue weighted by molar-refractivity contribution is 7.88. The highest BCUT2D eigenvalue weighted by Gasteiger charge is 2.40. The van der Waals surface area contributed by atoms with Gasteiger partial charge in [0.25, 0.3) is 0 Å². The second-order valence-electron chi connectivity index (χ2n) is 9.99. The number of rotatable bonds is 5. The number of hydrogen-bond acceptors (Lipinski definition) is 7. The summed E-state index contributed by atoms with van der Waals surface area (Å²) in [5, 5.41) is 4.07. The van der Waals surface area contributed by atoms with E-state index in [0.29, 0.717) is 48.7 Å². The van der Waals surface area contributed by atoms with Gasteiger partial charge in [-0.25, -0.2) is 22.1 Å². The fraction of sp³-hybridized carbons (Fsp3) is 0.385. The van der Waals surface area contributed by atoms with Crippen molar-refractivity contribution in [1.82, 2.24) is 24.0 Å². The van der Waals surface area contributed by atoms with Crippen LogP contribution >= 0.6 is 0 Å². The molecule has 2 unspecified atom stereocenters. The molecule has 198 valence electrons. The van der Waals surface area contributed by atoms with Gasteiger partial charge in [0.2, 0.25) is 15.9 Å². The van der Waals surface area contributed by atoms with Crippen LogP contribution in [0, 0.1) is 19.7 Å². The zero-order valence-corrected chi connectivity index (χ0v) is 22.1. The summed E-state index contributed by atoms with van der Waals surface area (Å²) in [5.74, 6) is 0.679. The minimum atomic E-state index is -3.36. The van der Waals surface area contributed by atoms with Gasteiger partial charge in [-0.05, 0) is 44.4 Å². The average molecular weight is 539 g/mol. The summed E-state index contributed by atoms with van der Waals surface area (Å²) in [6, 6.07) is 6.60. The van der Waals surface area contributed by atoms with E-state index in [1.807, 2.05) is 32.0 Å². The lowest BCUT2D eigenvalue weighted by Crippen LogP contribution is -2.31. The van der Waals surface area contributed by atoms with Gasteiger partial charge in [-0.3, -0.25) is 9.78 Å². The number of imidazole rings is 1. The molecule has 10 nitrogen and oxygen atoms in total. The van der Waals surface area contributed by atoms with Crippen LogP contribution in [0.4, 0.5) is 10.1 Å². The Morgan fingerprint density at radius 1 is 1.13 bits per heavy atom. The van der Waals surface area contributed by atoms with Gasteiger partial charge >= 0.3 is 0 Å². The molecule has 0 spiro atoms. The topological polar surface area (TPSA) is 114 Å². The SMILES string of the molecule is Cc1noc(C)c1-c1ccc2c(c1)nc(C1CCC(=O)N1c1cncc(F)c1)n2C1CCN(S(C)(=O)=O)C1. The van der Waals surface area contributed by atoms with Crippen LogP contribution < -0.4 is 4.90 Å². The average Bonchev–Trinajstić information content (AvgIpc) is 3.63. The molecule has 2 atom stereocenters. The molecule has 2 fully saturated rings. The van der Waals surface area contributed by atoms with Crippen LogP contribution in [0.25, 0.3) is 22.2 Å². The van der Waals surface area contributed by atoms with E-state index in [-0.39, 0.29) is 18.4 Å². The second-order valence-corrected chi connectivity index (χ2v) is 12.0. The van der Waals surface area contributed by atoms with Crippen molar-refractivity contribution in [3.8, 4) is 11.1 Å². The predicted octanol–water partition coefficient (Wildman–Crippen LogP) is 3.92. The number of anilines is 1. The number of carbonyl (C=O) groups is 1. The number of aryl methyl sites for hydroxylation is 2. The number of aromatic nitrogens is 4. The monoisotopic (exact) mass is 538 g/mol. The summed E-state index contributed by atoms with van der Waals surface area (Å²) in [5.41, 5.74) is 4.50. The van der Waals surface area contributed by atoms with Gasteiger partial charge in [-0.2, -0.15) is 0 Å². The molecule has 0 radical (unpaired) electrons. The first-order chi connectivity index (χ1) is 18.1. The van der Waals surface area contributed by atoms with Crippen LogP contribution in [0.15, 0.2) is 41.2 Å². The molecular weight excluding hydrogens is 511 g/mol. The Labute approximate surface area is 219 Å². The third-order valence-electron chi connectivity index (χ3n) is 7.48. The maximum absolute atomic E-state index is 14.1. The molecule has 0 bridgehead atoms. The van der Waals surface area contributed by atoms with Crippen molar-refractivity contribution in [2.45, 2.75) is 45.2 Å². The number of carbonyl (C=O) groups excluding carboxylic acids is 1. The van der Waals surface area contributed by atoms with Gasteiger partial charge in [-0.15, -0.1) is 0 Å². The molecule has 0 aliphatic carbocycles. The Kier molecular flexibility index (Phi) is 5.84. The van der Waals surface area contributed by atoms with Crippen molar-refractivity contribution in [1.29, 1.82) is 0 Å². The van der Waals surface area contributed by atoms with E-state index in [1.54, 1.807) is 4.90 Å². The van der Waals surface area contributed by atoms with E-state index in [1.165, 1.54) is 22.8 Å². The van der Waals surface area contributed by atoms with Gasteiger partial charge in [0, 0.05) is 31.1 Å². The summed E-state index contributed by atoms with van der Waals surface area (Å²) in [6.45, 7) is 4.45. The standard InChI is InChI=1S/C26H27FN6O4S/c1-15-25(16(2)37-30-15)17-4-5-22-21(10-17)29-26(33(22)19-8-9-31(14-19)38(3,35)36)23-6-7-24(34)32(23)20-11-18(27)12-28-13-20/h4-5,10-13,19,23H,6-9,14H2,1-3H3. The molecule has 2 saturated heterocycles. The van der Waals surface area contributed by atoms with Gasteiger partial charge in [0.05, 0.1) is 53.1 Å². The molecule has 1 amide bonds. The largest absolute Gasteiger partial charge is 0.361 e. The smallest absolute Gasteiger partial charge is 0.227 e. The predicted molar refractivity (Wildman–Crippen MR) is 138 cm³/mol. The summed E-state index contributed by atoms with van der Waals surface area (Å²) in [4.78, 5) is 23.5. The zero-order chi connectivity index (χ0) is 26.8. The Morgan fingerprint density at radius 2 is 1.95 bits per heavy atom. The molecule has 0 saturated carbocycles. The maximum Gasteiger partial charge on any atom is 0.227 e. The molecule has 12 heteroatoms. The van der Waals surface area contributed by atoms with Crippen molar-refractivity contribution in [2.75, 3.05) is 24.2 Å². The van der Waals surface area contributed by atoms with E-state index in [9.17, 15) is 17.6 Å². The lowest BCUT2D eigenvalue weighted by Gasteiger charge is -2.27. The van der Waals surface area contributed by atoms with E-state index in [4.69, 9.17) is 9.51 Å². The number of pyridine rings is 1. The molecule has 6 rings (SSSR count). The zero-order valence-electron chi connectivity index (χ0n) is 21.3. The quantitative estimate of drug-likeness (QED) is 0.378. The van der Waals surface area contributed by atoms with Crippen LogP contribution in [0.2, 0.25) is 0 Å². The summed E-state index contributed by atoms with van der Waals surface area (Å²) >= 11 is 0. The minimum Gasteiger partial charge on any atom is -0.361 e. The molecule has 4 aromatic rings. The number of sulfonamides is 1. The van der Waals surface area contributed by atoms with Crippen LogP contribution in [0.5, 0.6) is 0 Å². The molecule has 2 aliphatic heterocycles. The van der Waals surface area contributed by atoms with Crippen LogP contribution in [0.1, 0.15) is 48.6 Å². The van der Waals surface area contributed by atoms with Gasteiger partial charge < -0.3 is 14.0 Å². The van der Waals surface area contributed by atoms with Crippen molar-refractivity contribution in [3.05, 3.63) is 59.8 Å². The van der Waals surface area contributed by atoms with Crippen molar-refractivity contribution in [2.24, 2.45) is 0 Å². The van der Waals surface area contributed by atoms with Crippen molar-refractivity contribution < 1.29 is 22.1 Å². The number of hydrogen-bond donors (Lipinski definition) is 0. The number of nitrogens with zero attached hydrogens (tertiary/aromatic N) is 6. The van der Waals surface area contributed by atoms with Gasteiger partial charge in [0.15, 0.2) is 0 Å². The molecule has 3 aromatic heterocycles. The number of fused-ring (bicyclic) bond motifs is 1.